The molecule has 8 aromatic carbocycles. The quantitative estimate of drug-likeness (QED) is 0.180. The van der Waals surface area contributed by atoms with E-state index in [1.165, 1.54) is 86.6 Å². The van der Waals surface area contributed by atoms with Crippen molar-refractivity contribution < 1.29 is 0 Å². The Kier molecular flexibility index (Phi) is 6.46. The van der Waals surface area contributed by atoms with E-state index in [2.05, 4.69) is 199 Å². The van der Waals surface area contributed by atoms with Gasteiger partial charge in [0.25, 0.3) is 0 Å². The zero-order chi connectivity index (χ0) is 36.1. The van der Waals surface area contributed by atoms with Crippen molar-refractivity contribution in [2.75, 3.05) is 4.90 Å². The highest BCUT2D eigenvalue weighted by Gasteiger charge is 2.52. The van der Waals surface area contributed by atoms with E-state index in [1.807, 2.05) is 11.3 Å². The molecule has 0 unspecified atom stereocenters. The Morgan fingerprint density at radius 1 is 0.455 bits per heavy atom. The van der Waals surface area contributed by atoms with Gasteiger partial charge in [-0.25, -0.2) is 4.98 Å². The molecule has 2 aliphatic rings. The van der Waals surface area contributed by atoms with Crippen molar-refractivity contribution in [3.05, 3.63) is 217 Å². The number of hydrogen-bond donors (Lipinski definition) is 0. The molecule has 0 fully saturated rings. The molecular formula is C52H32N2S. The summed E-state index contributed by atoms with van der Waals surface area (Å²) in [6.07, 6.45) is 2.10. The van der Waals surface area contributed by atoms with Crippen molar-refractivity contribution in [2.45, 2.75) is 5.41 Å². The molecule has 12 rings (SSSR count). The first kappa shape index (κ1) is 30.6. The first-order valence-corrected chi connectivity index (χ1v) is 19.7. The van der Waals surface area contributed by atoms with Crippen LogP contribution in [0.25, 0.3) is 64.3 Å². The summed E-state index contributed by atoms with van der Waals surface area (Å²) in [4.78, 5) is 7.73. The number of pyridine rings is 1. The minimum atomic E-state index is -0.429. The van der Waals surface area contributed by atoms with Gasteiger partial charge in [0.05, 0.1) is 11.1 Å². The van der Waals surface area contributed by atoms with E-state index in [9.17, 15) is 0 Å². The van der Waals surface area contributed by atoms with Crippen LogP contribution in [0.15, 0.2) is 194 Å². The van der Waals surface area contributed by atoms with Gasteiger partial charge in [0, 0.05) is 37.6 Å². The van der Waals surface area contributed by atoms with E-state index >= 15 is 0 Å². The highest BCUT2D eigenvalue weighted by atomic mass is 32.1. The van der Waals surface area contributed by atoms with Crippen molar-refractivity contribution >= 4 is 59.5 Å². The lowest BCUT2D eigenvalue weighted by atomic mass is 9.70. The summed E-state index contributed by atoms with van der Waals surface area (Å²) in [5, 5.41) is 5.00. The van der Waals surface area contributed by atoms with Gasteiger partial charge >= 0.3 is 0 Å². The SMILES string of the molecule is c1ccc(-c2ccc(N(c3cc4sc5ccc6ccccc6c5c4cn3)c3cccc4c3-c3ccccc3C43c4ccccc4-c4ccccc43)cc2)cc1. The minimum absolute atomic E-state index is 0.429. The fourth-order valence-electron chi connectivity index (χ4n) is 9.69. The third-order valence-corrected chi connectivity index (χ3v) is 13.1. The fraction of sp³-hybridized carbons (Fsp3) is 0.0192. The summed E-state index contributed by atoms with van der Waals surface area (Å²) in [6.45, 7) is 0. The predicted octanol–water partition coefficient (Wildman–Crippen LogP) is 14.1. The van der Waals surface area contributed by atoms with E-state index in [-0.39, 0.29) is 0 Å². The normalized spacial score (nSPS) is 13.2. The summed E-state index contributed by atoms with van der Waals surface area (Å²) in [7, 11) is 0. The average molecular weight is 717 g/mol. The maximum absolute atomic E-state index is 5.34. The molecule has 256 valence electrons. The van der Waals surface area contributed by atoms with Gasteiger partial charge in [-0.05, 0) is 91.2 Å². The predicted molar refractivity (Wildman–Crippen MR) is 231 cm³/mol. The van der Waals surface area contributed by atoms with Crippen LogP contribution in [0.5, 0.6) is 0 Å². The Balaban J connectivity index is 1.13. The van der Waals surface area contributed by atoms with Gasteiger partial charge in [0.2, 0.25) is 0 Å². The number of aromatic nitrogens is 1. The Bertz CT molecular complexity index is 3110. The summed E-state index contributed by atoms with van der Waals surface area (Å²) in [6, 6.07) is 69.1. The van der Waals surface area contributed by atoms with Crippen LogP contribution in [-0.4, -0.2) is 4.98 Å². The third-order valence-electron chi connectivity index (χ3n) is 11.9. The molecule has 2 aromatic heterocycles. The molecule has 0 N–H and O–H groups in total. The van der Waals surface area contributed by atoms with Crippen LogP contribution in [0.4, 0.5) is 17.2 Å². The van der Waals surface area contributed by atoms with Gasteiger partial charge in [-0.2, -0.15) is 0 Å². The zero-order valence-electron chi connectivity index (χ0n) is 29.8. The van der Waals surface area contributed by atoms with E-state index < -0.39 is 5.41 Å². The Morgan fingerprint density at radius 3 is 1.84 bits per heavy atom. The van der Waals surface area contributed by atoms with Gasteiger partial charge in [-0.15, -0.1) is 11.3 Å². The molecule has 2 nitrogen and oxygen atoms in total. The van der Waals surface area contributed by atoms with Crippen molar-refractivity contribution in [1.29, 1.82) is 0 Å². The molecule has 2 heterocycles. The van der Waals surface area contributed by atoms with Crippen molar-refractivity contribution in [2.24, 2.45) is 0 Å². The Morgan fingerprint density at radius 2 is 1.07 bits per heavy atom. The summed E-state index contributed by atoms with van der Waals surface area (Å²) in [5.74, 6) is 0.898. The lowest BCUT2D eigenvalue weighted by Crippen LogP contribution is -2.26. The molecule has 1 spiro atoms. The monoisotopic (exact) mass is 716 g/mol. The lowest BCUT2D eigenvalue weighted by molar-refractivity contribution is 0.793. The number of thiophene rings is 1. The second-order valence-electron chi connectivity index (χ2n) is 14.6. The molecule has 2 aliphatic carbocycles. The van der Waals surface area contributed by atoms with E-state index in [4.69, 9.17) is 4.98 Å². The van der Waals surface area contributed by atoms with Crippen molar-refractivity contribution in [1.82, 2.24) is 4.98 Å². The van der Waals surface area contributed by atoms with Gasteiger partial charge in [0.15, 0.2) is 0 Å². The second-order valence-corrected chi connectivity index (χ2v) is 15.7. The van der Waals surface area contributed by atoms with Gasteiger partial charge < -0.3 is 0 Å². The third kappa shape index (κ3) is 4.22. The second kappa shape index (κ2) is 11.6. The summed E-state index contributed by atoms with van der Waals surface area (Å²) in [5.41, 5.74) is 14.6. The molecule has 0 bridgehead atoms. The van der Waals surface area contributed by atoms with Crippen LogP contribution >= 0.6 is 11.3 Å². The Labute approximate surface area is 323 Å². The molecule has 0 saturated heterocycles. The summed E-state index contributed by atoms with van der Waals surface area (Å²) < 4.78 is 2.51. The largest absolute Gasteiger partial charge is 0.294 e. The standard InChI is InChI=1S/C52H32N2S/c1-2-13-33(14-3-1)34-25-28-36(29-26-34)54(49-31-48-41(32-53-49)50-37-16-5-4-15-35(37)27-30-47(50)55-48)46-24-12-23-45-51(46)40-19-8-11-22-44(40)52(45)42-20-9-6-17-38(42)39-18-7-10-21-43(39)52/h1-32H. The molecule has 3 heteroatoms. The first-order valence-electron chi connectivity index (χ1n) is 18.9. The number of rotatable bonds is 4. The van der Waals surface area contributed by atoms with Crippen molar-refractivity contribution in [3.63, 3.8) is 0 Å². The van der Waals surface area contributed by atoms with Crippen LogP contribution in [0, 0.1) is 0 Å². The molecule has 0 amide bonds. The smallest absolute Gasteiger partial charge is 0.138 e. The summed E-state index contributed by atoms with van der Waals surface area (Å²) >= 11 is 1.85. The maximum atomic E-state index is 5.34. The molecule has 10 aromatic rings. The lowest BCUT2D eigenvalue weighted by Gasteiger charge is -2.31. The van der Waals surface area contributed by atoms with E-state index in [1.54, 1.807) is 0 Å². The van der Waals surface area contributed by atoms with E-state index in [0.717, 1.165) is 17.2 Å². The Hall–Kier alpha value is -6.81. The molecule has 0 saturated carbocycles. The molecule has 0 aliphatic heterocycles. The molecule has 0 radical (unpaired) electrons. The number of benzene rings is 8. The van der Waals surface area contributed by atoms with E-state index in [0.29, 0.717) is 0 Å². The van der Waals surface area contributed by atoms with Gasteiger partial charge in [-0.1, -0.05) is 158 Å². The number of fused-ring (bicyclic) bond motifs is 15. The van der Waals surface area contributed by atoms with Crippen LogP contribution in [0.1, 0.15) is 22.3 Å². The average Bonchev–Trinajstić information content (AvgIpc) is 3.89. The van der Waals surface area contributed by atoms with Crippen molar-refractivity contribution in [3.8, 4) is 33.4 Å². The van der Waals surface area contributed by atoms with Crippen LogP contribution in [0.3, 0.4) is 0 Å². The van der Waals surface area contributed by atoms with Gasteiger partial charge in [0.1, 0.15) is 5.82 Å². The van der Waals surface area contributed by atoms with Crippen LogP contribution < -0.4 is 4.90 Å². The number of nitrogens with zero attached hydrogens (tertiary/aromatic N) is 2. The number of hydrogen-bond acceptors (Lipinski definition) is 3. The zero-order valence-corrected chi connectivity index (χ0v) is 30.6. The fourth-order valence-corrected chi connectivity index (χ4v) is 10.8. The highest BCUT2D eigenvalue weighted by molar-refractivity contribution is 7.26. The van der Waals surface area contributed by atoms with Gasteiger partial charge in [-0.3, -0.25) is 4.90 Å². The molecule has 55 heavy (non-hydrogen) atoms. The molecular weight excluding hydrogens is 685 g/mol. The first-order chi connectivity index (χ1) is 27.3. The number of anilines is 3. The molecule has 0 atom stereocenters. The minimum Gasteiger partial charge on any atom is -0.294 e. The highest BCUT2D eigenvalue weighted by Crippen LogP contribution is 2.64. The van der Waals surface area contributed by atoms with Crippen LogP contribution in [-0.2, 0) is 5.41 Å². The van der Waals surface area contributed by atoms with Crippen LogP contribution in [0.2, 0.25) is 0 Å². The topological polar surface area (TPSA) is 16.1 Å². The maximum Gasteiger partial charge on any atom is 0.138 e.